The van der Waals surface area contributed by atoms with Gasteiger partial charge < -0.3 is 9.47 Å². The van der Waals surface area contributed by atoms with Crippen LogP contribution in [0.25, 0.3) is 11.2 Å². The molecular formula is C23H21Cl2N5O2. The molecule has 0 radical (unpaired) electrons. The molecule has 0 amide bonds. The maximum absolute atomic E-state index is 13.5. The lowest BCUT2D eigenvalue weighted by Gasteiger charge is -2.33. The van der Waals surface area contributed by atoms with Gasteiger partial charge in [-0.25, -0.2) is 4.79 Å². The molecule has 0 saturated carbocycles. The number of fused-ring (bicyclic) bond motifs is 3. The van der Waals surface area contributed by atoms with Gasteiger partial charge in [-0.2, -0.15) is 4.98 Å². The zero-order chi connectivity index (χ0) is 22.6. The van der Waals surface area contributed by atoms with E-state index in [1.807, 2.05) is 41.0 Å². The van der Waals surface area contributed by atoms with Crippen LogP contribution in [-0.2, 0) is 20.1 Å². The van der Waals surface area contributed by atoms with E-state index in [0.29, 0.717) is 33.7 Å². The van der Waals surface area contributed by atoms with Crippen LogP contribution in [0.5, 0.6) is 0 Å². The first-order valence-corrected chi connectivity index (χ1v) is 11.1. The largest absolute Gasteiger partial charge is 0.332 e. The van der Waals surface area contributed by atoms with Crippen molar-refractivity contribution in [3.8, 4) is 0 Å². The maximum atomic E-state index is 13.5. The molecule has 0 fully saturated rings. The van der Waals surface area contributed by atoms with Gasteiger partial charge in [0.25, 0.3) is 5.56 Å². The molecule has 1 aliphatic heterocycles. The van der Waals surface area contributed by atoms with E-state index in [0.717, 1.165) is 17.8 Å². The molecular weight excluding hydrogens is 449 g/mol. The number of halogens is 2. The van der Waals surface area contributed by atoms with Crippen molar-refractivity contribution in [2.24, 2.45) is 13.0 Å². The van der Waals surface area contributed by atoms with Gasteiger partial charge in [0.05, 0.1) is 6.54 Å². The van der Waals surface area contributed by atoms with E-state index in [1.54, 1.807) is 19.2 Å². The molecule has 7 nitrogen and oxygen atoms in total. The van der Waals surface area contributed by atoms with Gasteiger partial charge in [-0.05, 0) is 47.9 Å². The normalized spacial score (nSPS) is 15.9. The minimum Gasteiger partial charge on any atom is -0.312 e. The highest BCUT2D eigenvalue weighted by Crippen LogP contribution is 2.33. The van der Waals surface area contributed by atoms with E-state index in [4.69, 9.17) is 28.2 Å². The van der Waals surface area contributed by atoms with Crippen molar-refractivity contribution in [1.82, 2.24) is 18.7 Å². The highest BCUT2D eigenvalue weighted by molar-refractivity contribution is 6.30. The third-order valence-electron chi connectivity index (χ3n) is 5.83. The third-order valence-corrected chi connectivity index (χ3v) is 6.34. The van der Waals surface area contributed by atoms with Crippen molar-refractivity contribution in [3.63, 3.8) is 0 Å². The van der Waals surface area contributed by atoms with Crippen LogP contribution in [0, 0.1) is 5.92 Å². The Labute approximate surface area is 194 Å². The van der Waals surface area contributed by atoms with Crippen LogP contribution in [0.3, 0.4) is 0 Å². The second-order valence-corrected chi connectivity index (χ2v) is 9.12. The Morgan fingerprint density at radius 1 is 0.969 bits per heavy atom. The number of anilines is 2. The summed E-state index contributed by atoms with van der Waals surface area (Å²) < 4.78 is 4.63. The van der Waals surface area contributed by atoms with E-state index < -0.39 is 5.69 Å². The Hall–Kier alpha value is -3.03. The van der Waals surface area contributed by atoms with Crippen LogP contribution in [0.15, 0.2) is 58.1 Å². The Morgan fingerprint density at radius 3 is 2.25 bits per heavy atom. The van der Waals surface area contributed by atoms with Crippen molar-refractivity contribution < 1.29 is 0 Å². The fourth-order valence-corrected chi connectivity index (χ4v) is 4.51. The molecule has 1 aliphatic rings. The molecule has 1 atom stereocenters. The van der Waals surface area contributed by atoms with Crippen molar-refractivity contribution in [2.75, 3.05) is 11.4 Å². The topological polar surface area (TPSA) is 65.1 Å². The summed E-state index contributed by atoms with van der Waals surface area (Å²) in [5, 5.41) is 1.25. The van der Waals surface area contributed by atoms with Crippen LogP contribution in [0.4, 0.5) is 11.6 Å². The van der Waals surface area contributed by atoms with Gasteiger partial charge in [0.1, 0.15) is 0 Å². The fourth-order valence-electron chi connectivity index (χ4n) is 4.26. The standard InChI is InChI=1S/C23H21Cl2N5O2/c1-14-11-28(18-9-7-17(25)8-10-18)22-26-20-19(29(22)12-14)21(31)30(23(32)27(20)2)13-15-3-5-16(24)6-4-15/h3-10,14H,11-13H2,1-2H3/t14-/m1/s1. The number of aryl methyl sites for hydroxylation is 1. The van der Waals surface area contributed by atoms with Gasteiger partial charge in [-0.1, -0.05) is 42.3 Å². The monoisotopic (exact) mass is 469 g/mol. The average molecular weight is 470 g/mol. The molecule has 164 valence electrons. The molecule has 5 rings (SSSR count). The van der Waals surface area contributed by atoms with Gasteiger partial charge in [0.2, 0.25) is 5.95 Å². The molecule has 0 bridgehead atoms. The summed E-state index contributed by atoms with van der Waals surface area (Å²) in [6.45, 7) is 3.68. The van der Waals surface area contributed by atoms with Gasteiger partial charge in [-0.15, -0.1) is 0 Å². The molecule has 0 N–H and O–H groups in total. The number of aromatic nitrogens is 4. The molecule has 2 aromatic heterocycles. The molecule has 32 heavy (non-hydrogen) atoms. The fraction of sp³-hybridized carbons (Fsp3) is 0.261. The summed E-state index contributed by atoms with van der Waals surface area (Å²) in [6, 6.07) is 14.7. The molecule has 4 aromatic rings. The quantitative estimate of drug-likeness (QED) is 0.454. The number of rotatable bonds is 3. The zero-order valence-corrected chi connectivity index (χ0v) is 19.1. The summed E-state index contributed by atoms with van der Waals surface area (Å²) in [7, 11) is 1.65. The minimum absolute atomic E-state index is 0.162. The summed E-state index contributed by atoms with van der Waals surface area (Å²) >= 11 is 12.0. The highest BCUT2D eigenvalue weighted by Gasteiger charge is 2.29. The second kappa shape index (κ2) is 7.83. The van der Waals surface area contributed by atoms with E-state index in [2.05, 4.69) is 11.8 Å². The number of nitrogens with zero attached hydrogens (tertiary/aromatic N) is 5. The molecule has 0 saturated heterocycles. The Bertz CT molecular complexity index is 1440. The molecule has 0 aliphatic carbocycles. The zero-order valence-electron chi connectivity index (χ0n) is 17.6. The summed E-state index contributed by atoms with van der Waals surface area (Å²) in [6.07, 6.45) is 0. The lowest BCUT2D eigenvalue weighted by molar-refractivity contribution is 0.458. The van der Waals surface area contributed by atoms with Gasteiger partial charge >= 0.3 is 5.69 Å². The number of hydrogen-bond donors (Lipinski definition) is 0. The Kier molecular flexibility index (Phi) is 5.10. The van der Waals surface area contributed by atoms with Crippen LogP contribution >= 0.6 is 23.2 Å². The van der Waals surface area contributed by atoms with Gasteiger partial charge in [-0.3, -0.25) is 13.9 Å². The smallest absolute Gasteiger partial charge is 0.312 e. The molecule has 0 spiro atoms. The van der Waals surface area contributed by atoms with Crippen molar-refractivity contribution >= 4 is 46.0 Å². The first kappa shape index (κ1) is 20.8. The molecule has 9 heteroatoms. The second-order valence-electron chi connectivity index (χ2n) is 8.25. The number of imidazole rings is 1. The van der Waals surface area contributed by atoms with E-state index in [1.165, 1.54) is 9.13 Å². The third kappa shape index (κ3) is 3.42. The predicted molar refractivity (Wildman–Crippen MR) is 127 cm³/mol. The van der Waals surface area contributed by atoms with Crippen LogP contribution in [0.2, 0.25) is 10.0 Å². The lowest BCUT2D eigenvalue weighted by Crippen LogP contribution is -2.40. The lowest BCUT2D eigenvalue weighted by atomic mass is 10.1. The van der Waals surface area contributed by atoms with E-state index in [9.17, 15) is 9.59 Å². The van der Waals surface area contributed by atoms with Crippen molar-refractivity contribution in [3.05, 3.63) is 85.0 Å². The van der Waals surface area contributed by atoms with Crippen LogP contribution in [-0.4, -0.2) is 25.2 Å². The van der Waals surface area contributed by atoms with Crippen molar-refractivity contribution in [1.29, 1.82) is 0 Å². The molecule has 2 aromatic carbocycles. The maximum Gasteiger partial charge on any atom is 0.332 e. The number of benzene rings is 2. The Balaban J connectivity index is 1.70. The first-order chi connectivity index (χ1) is 15.3. The summed E-state index contributed by atoms with van der Waals surface area (Å²) in [5.41, 5.74) is 1.82. The average Bonchev–Trinajstić information content (AvgIpc) is 3.16. The van der Waals surface area contributed by atoms with Crippen LogP contribution < -0.4 is 16.1 Å². The Morgan fingerprint density at radius 2 is 1.59 bits per heavy atom. The predicted octanol–water partition coefficient (Wildman–Crippen LogP) is 4.04. The van der Waals surface area contributed by atoms with Gasteiger partial charge in [0.15, 0.2) is 11.2 Å². The van der Waals surface area contributed by atoms with E-state index >= 15 is 0 Å². The summed E-state index contributed by atoms with van der Waals surface area (Å²) in [5.74, 6) is 0.925. The van der Waals surface area contributed by atoms with Crippen LogP contribution in [0.1, 0.15) is 12.5 Å². The number of hydrogen-bond acceptors (Lipinski definition) is 4. The van der Waals surface area contributed by atoms with E-state index in [-0.39, 0.29) is 18.0 Å². The molecule has 0 unspecified atom stereocenters. The summed E-state index contributed by atoms with van der Waals surface area (Å²) in [4.78, 5) is 33.4. The molecule has 3 heterocycles. The minimum atomic E-state index is -0.404. The SMILES string of the molecule is C[C@@H]1CN(c2ccc(Cl)cc2)c2nc3c(c(=O)n(Cc4ccc(Cl)cc4)c(=O)n3C)n2C1. The highest BCUT2D eigenvalue weighted by atomic mass is 35.5. The van der Waals surface area contributed by atoms with Gasteiger partial charge in [0, 0.05) is 35.9 Å². The van der Waals surface area contributed by atoms with Crippen molar-refractivity contribution in [2.45, 2.75) is 20.0 Å². The first-order valence-electron chi connectivity index (χ1n) is 10.3.